The fourth-order valence-corrected chi connectivity index (χ4v) is 1.20. The van der Waals surface area contributed by atoms with E-state index in [9.17, 15) is 9.59 Å². The van der Waals surface area contributed by atoms with Gasteiger partial charge in [-0.05, 0) is 11.4 Å². The molecule has 86 valence electrons. The van der Waals surface area contributed by atoms with Crippen molar-refractivity contribution in [3.63, 3.8) is 0 Å². The van der Waals surface area contributed by atoms with E-state index >= 15 is 0 Å². The summed E-state index contributed by atoms with van der Waals surface area (Å²) >= 11 is 3.10. The minimum absolute atomic E-state index is 0.0744. The topological polar surface area (TPSA) is 81.4 Å². The summed E-state index contributed by atoms with van der Waals surface area (Å²) in [5.41, 5.74) is 5.11. The predicted molar refractivity (Wildman–Crippen MR) is 60.3 cm³/mol. The summed E-state index contributed by atoms with van der Waals surface area (Å²) in [4.78, 5) is 22.2. The summed E-state index contributed by atoms with van der Waals surface area (Å²) in [5.74, 6) is -0.963. The zero-order chi connectivity index (χ0) is 11.8. The van der Waals surface area contributed by atoms with Crippen LogP contribution in [0.15, 0.2) is 11.1 Å². The molecule has 0 aliphatic rings. The van der Waals surface area contributed by atoms with Gasteiger partial charge in [0.05, 0.1) is 0 Å². The Morgan fingerprint density at radius 3 is 2.60 bits per heavy atom. The molecule has 0 aliphatic heterocycles. The molecule has 0 saturated heterocycles. The highest BCUT2D eigenvalue weighted by Crippen LogP contribution is 2.09. The van der Waals surface area contributed by atoms with Gasteiger partial charge in [0, 0.05) is 13.0 Å². The minimum atomic E-state index is -0.746. The first-order chi connectivity index (χ1) is 6.97. The zero-order valence-electron chi connectivity index (χ0n) is 8.59. The number of rotatable bonds is 7. The maximum atomic E-state index is 11.2. The summed E-state index contributed by atoms with van der Waals surface area (Å²) in [6.45, 7) is 5.72. The molecular formula is C9H15BrN2O3. The van der Waals surface area contributed by atoms with Gasteiger partial charge in [0.1, 0.15) is 12.6 Å². The first kappa shape index (κ1) is 14.1. The maximum Gasteiger partial charge on any atom is 0.246 e. The molecule has 6 heteroatoms. The lowest BCUT2D eigenvalue weighted by atomic mass is 10.2. The predicted octanol–water partition coefficient (Wildman–Crippen LogP) is 0.292. The molecule has 1 atom stereocenters. The first-order valence-corrected chi connectivity index (χ1v) is 5.26. The van der Waals surface area contributed by atoms with Gasteiger partial charge in [-0.15, -0.1) is 0 Å². The molecule has 0 aromatic rings. The van der Waals surface area contributed by atoms with E-state index < -0.39 is 11.9 Å². The average Bonchev–Trinajstić information content (AvgIpc) is 2.12. The molecule has 15 heavy (non-hydrogen) atoms. The second kappa shape index (κ2) is 7.42. The van der Waals surface area contributed by atoms with E-state index in [1.54, 1.807) is 6.92 Å². The Bertz CT molecular complexity index is 256. The van der Waals surface area contributed by atoms with Crippen LogP contribution in [0.1, 0.15) is 13.3 Å². The number of amides is 2. The summed E-state index contributed by atoms with van der Waals surface area (Å²) < 4.78 is 5.48. The molecule has 5 nitrogen and oxygen atoms in total. The van der Waals surface area contributed by atoms with E-state index in [0.29, 0.717) is 11.1 Å². The molecule has 0 heterocycles. The Balaban J connectivity index is 4.10. The Morgan fingerprint density at radius 1 is 1.60 bits per heavy atom. The lowest BCUT2D eigenvalue weighted by molar-refractivity contribution is -0.130. The highest BCUT2D eigenvalue weighted by atomic mass is 79.9. The molecule has 0 unspecified atom stereocenters. The number of hydrogen-bond acceptors (Lipinski definition) is 3. The van der Waals surface area contributed by atoms with E-state index in [4.69, 9.17) is 10.5 Å². The van der Waals surface area contributed by atoms with Gasteiger partial charge < -0.3 is 15.8 Å². The van der Waals surface area contributed by atoms with Crippen molar-refractivity contribution in [1.82, 2.24) is 5.32 Å². The Morgan fingerprint density at radius 2 is 2.20 bits per heavy atom. The molecule has 2 amide bonds. The van der Waals surface area contributed by atoms with Crippen LogP contribution in [0.2, 0.25) is 0 Å². The van der Waals surface area contributed by atoms with Gasteiger partial charge in [-0.2, -0.15) is 0 Å². The number of halogens is 1. The normalized spacial score (nSPS) is 11.9. The van der Waals surface area contributed by atoms with Crippen LogP contribution in [-0.2, 0) is 14.3 Å². The van der Waals surface area contributed by atoms with Gasteiger partial charge >= 0.3 is 0 Å². The lowest BCUT2D eigenvalue weighted by Crippen LogP contribution is -2.45. The van der Waals surface area contributed by atoms with Crippen molar-refractivity contribution in [3.05, 3.63) is 11.1 Å². The van der Waals surface area contributed by atoms with Crippen molar-refractivity contribution in [1.29, 1.82) is 0 Å². The third kappa shape index (κ3) is 7.10. The van der Waals surface area contributed by atoms with Crippen LogP contribution in [0.25, 0.3) is 0 Å². The molecular weight excluding hydrogens is 264 g/mol. The molecule has 0 aliphatic carbocycles. The van der Waals surface area contributed by atoms with Crippen LogP contribution in [-0.4, -0.2) is 31.1 Å². The van der Waals surface area contributed by atoms with Crippen LogP contribution in [0, 0.1) is 0 Å². The van der Waals surface area contributed by atoms with E-state index in [1.807, 2.05) is 0 Å². The first-order valence-electron chi connectivity index (χ1n) is 4.47. The Hall–Kier alpha value is -0.880. The van der Waals surface area contributed by atoms with Crippen LogP contribution in [0.5, 0.6) is 0 Å². The van der Waals surface area contributed by atoms with E-state index in [2.05, 4.69) is 27.8 Å². The summed E-state index contributed by atoms with van der Waals surface area (Å²) in [5, 5.41) is 2.45. The fourth-order valence-electron chi connectivity index (χ4n) is 0.875. The molecule has 0 saturated carbocycles. The van der Waals surface area contributed by atoms with Crippen LogP contribution < -0.4 is 11.1 Å². The number of ether oxygens (including phenoxy) is 1. The molecule has 0 fully saturated rings. The van der Waals surface area contributed by atoms with Crippen molar-refractivity contribution in [2.45, 2.75) is 19.4 Å². The number of primary amides is 1. The van der Waals surface area contributed by atoms with Gasteiger partial charge in [-0.25, -0.2) is 0 Å². The quantitative estimate of drug-likeness (QED) is 0.703. The molecule has 0 aromatic heterocycles. The highest BCUT2D eigenvalue weighted by molar-refractivity contribution is 9.11. The summed E-state index contributed by atoms with van der Waals surface area (Å²) in [6.07, 6.45) is 0.271. The zero-order valence-corrected chi connectivity index (χ0v) is 10.2. The molecule has 0 rings (SSSR count). The number of carbonyl (C=O) groups is 2. The Kier molecular flexibility index (Phi) is 6.98. The van der Waals surface area contributed by atoms with Crippen molar-refractivity contribution in [2.24, 2.45) is 5.73 Å². The third-order valence-corrected chi connectivity index (χ3v) is 1.87. The van der Waals surface area contributed by atoms with Gasteiger partial charge in [0.2, 0.25) is 11.8 Å². The third-order valence-electron chi connectivity index (χ3n) is 1.54. The minimum Gasteiger partial charge on any atom is -0.372 e. The molecule has 0 radical (unpaired) electrons. The Labute approximate surface area is 97.2 Å². The largest absolute Gasteiger partial charge is 0.372 e. The highest BCUT2D eigenvalue weighted by Gasteiger charge is 2.18. The smallest absolute Gasteiger partial charge is 0.246 e. The standard InChI is InChI=1S/C9H15BrN2O3/c1-3-15-5-8(13)12-7(9(11)14)4-6(2)10/h7H,2-5H2,1H3,(H2,11,14)(H,12,13)/t7-/m1/s1. The van der Waals surface area contributed by atoms with Crippen molar-refractivity contribution >= 4 is 27.7 Å². The molecule has 0 bridgehead atoms. The van der Waals surface area contributed by atoms with E-state index in [-0.39, 0.29) is 18.9 Å². The van der Waals surface area contributed by atoms with Crippen LogP contribution in [0.3, 0.4) is 0 Å². The number of nitrogens with two attached hydrogens (primary N) is 1. The van der Waals surface area contributed by atoms with E-state index in [1.165, 1.54) is 0 Å². The average molecular weight is 279 g/mol. The lowest BCUT2D eigenvalue weighted by Gasteiger charge is -2.14. The second-order valence-corrected chi connectivity index (χ2v) is 4.00. The van der Waals surface area contributed by atoms with Gasteiger partial charge in [-0.3, -0.25) is 9.59 Å². The van der Waals surface area contributed by atoms with Crippen molar-refractivity contribution in [2.75, 3.05) is 13.2 Å². The number of nitrogens with one attached hydrogen (secondary N) is 1. The van der Waals surface area contributed by atoms with Crippen LogP contribution >= 0.6 is 15.9 Å². The van der Waals surface area contributed by atoms with Crippen molar-refractivity contribution < 1.29 is 14.3 Å². The second-order valence-electron chi connectivity index (χ2n) is 2.88. The molecule has 0 spiro atoms. The summed E-state index contributed by atoms with van der Waals surface area (Å²) in [7, 11) is 0. The molecule has 3 N–H and O–H groups in total. The van der Waals surface area contributed by atoms with Gasteiger partial charge in [0.15, 0.2) is 0 Å². The fraction of sp³-hybridized carbons (Fsp3) is 0.556. The number of carbonyl (C=O) groups excluding carboxylic acids is 2. The SMILES string of the molecule is C=C(Br)C[C@@H](NC(=O)COCC)C(N)=O. The summed E-state index contributed by atoms with van der Waals surface area (Å²) in [6, 6.07) is -0.746. The van der Waals surface area contributed by atoms with Crippen LogP contribution in [0.4, 0.5) is 0 Å². The van der Waals surface area contributed by atoms with E-state index in [0.717, 1.165) is 0 Å². The van der Waals surface area contributed by atoms with Crippen molar-refractivity contribution in [3.8, 4) is 0 Å². The monoisotopic (exact) mass is 278 g/mol. The van der Waals surface area contributed by atoms with Gasteiger partial charge in [0.25, 0.3) is 0 Å². The maximum absolute atomic E-state index is 11.2. The molecule has 0 aromatic carbocycles. The number of hydrogen-bond donors (Lipinski definition) is 2. The van der Waals surface area contributed by atoms with Gasteiger partial charge in [-0.1, -0.05) is 22.5 Å².